The summed E-state index contributed by atoms with van der Waals surface area (Å²) < 4.78 is 43.2. The molecule has 2 aromatic carbocycles. The Morgan fingerprint density at radius 2 is 1.76 bits per heavy atom. The van der Waals surface area contributed by atoms with Crippen molar-refractivity contribution in [1.82, 2.24) is 30.4 Å². The number of nitrogens with one attached hydrogen (secondary N) is 1. The Morgan fingerprint density at radius 1 is 1.05 bits per heavy atom. The first kappa shape index (κ1) is 30.2. The quantitative estimate of drug-likeness (QED) is 0.270. The molecule has 2 atom stereocenters. The fourth-order valence-electron chi connectivity index (χ4n) is 4.49. The van der Waals surface area contributed by atoms with Gasteiger partial charge in [0.1, 0.15) is 42.8 Å². The van der Waals surface area contributed by atoms with Gasteiger partial charge in [0.25, 0.3) is 0 Å². The summed E-state index contributed by atoms with van der Waals surface area (Å²) >= 11 is 0. The number of nitrogens with zero attached hydrogens (tertiary/aromatic N) is 6. The van der Waals surface area contributed by atoms with E-state index in [1.54, 1.807) is 6.92 Å². The second-order valence-corrected chi connectivity index (χ2v) is 9.43. The highest BCUT2D eigenvalue weighted by Crippen LogP contribution is 2.42. The summed E-state index contributed by atoms with van der Waals surface area (Å²) in [5.41, 5.74) is 2.06. The summed E-state index contributed by atoms with van der Waals surface area (Å²) in [5, 5.41) is 21.8. The molecule has 4 aromatic rings. The lowest BCUT2D eigenvalue weighted by atomic mass is 9.77. The van der Waals surface area contributed by atoms with Gasteiger partial charge < -0.3 is 10.2 Å². The smallest absolute Gasteiger partial charge is 0.303 e. The Kier molecular flexibility index (Phi) is 9.89. The normalized spacial score (nSPS) is 14.5. The average molecular weight is 580 g/mol. The van der Waals surface area contributed by atoms with E-state index >= 15 is 0 Å². The van der Waals surface area contributed by atoms with Crippen molar-refractivity contribution < 1.29 is 28.2 Å². The number of aliphatic carboxylic acids is 1. The molecule has 0 saturated carbocycles. The van der Waals surface area contributed by atoms with Crippen LogP contribution in [0, 0.1) is 17.5 Å². The number of halogens is 3. The van der Waals surface area contributed by atoms with Crippen molar-refractivity contribution in [3.05, 3.63) is 108 Å². The van der Waals surface area contributed by atoms with Crippen molar-refractivity contribution in [2.75, 3.05) is 13.2 Å². The third-order valence-electron chi connectivity index (χ3n) is 6.66. The highest BCUT2D eigenvalue weighted by Gasteiger charge is 2.43. The summed E-state index contributed by atoms with van der Waals surface area (Å²) in [6, 6.07) is 13.2. The van der Waals surface area contributed by atoms with Gasteiger partial charge in [0.15, 0.2) is 11.6 Å². The van der Waals surface area contributed by atoms with Crippen molar-refractivity contribution in [1.29, 1.82) is 0 Å². The van der Waals surface area contributed by atoms with Crippen LogP contribution in [-0.4, -0.2) is 60.7 Å². The van der Waals surface area contributed by atoms with Gasteiger partial charge in [-0.1, -0.05) is 43.3 Å². The minimum absolute atomic E-state index is 0.0138. The molecule has 0 saturated heterocycles. The van der Waals surface area contributed by atoms with Crippen molar-refractivity contribution in [3.8, 4) is 11.3 Å². The predicted octanol–water partition coefficient (Wildman–Crippen LogP) is 3.85. The first-order valence-corrected chi connectivity index (χ1v) is 12.9. The van der Waals surface area contributed by atoms with Crippen molar-refractivity contribution in [3.63, 3.8) is 0 Å². The number of aliphatic hydroxyl groups is 1. The molecule has 218 valence electrons. The topological polar surface area (TPSA) is 137 Å². The van der Waals surface area contributed by atoms with Crippen LogP contribution in [0.3, 0.4) is 0 Å². The van der Waals surface area contributed by atoms with E-state index in [0.717, 1.165) is 36.4 Å². The zero-order valence-corrected chi connectivity index (χ0v) is 22.5. The number of hydrogen-bond donors (Lipinski definition) is 3. The van der Waals surface area contributed by atoms with Gasteiger partial charge in [0.05, 0.1) is 24.6 Å². The third-order valence-corrected chi connectivity index (χ3v) is 6.66. The first-order valence-electron chi connectivity index (χ1n) is 12.9. The Morgan fingerprint density at radius 3 is 2.40 bits per heavy atom. The first-order chi connectivity index (χ1) is 20.2. The number of β-amino-alcohol motifs (C(OH)–C–C–N with tert-alkyl or cyclic N) is 1. The van der Waals surface area contributed by atoms with Gasteiger partial charge >= 0.3 is 5.97 Å². The lowest BCUT2D eigenvalue weighted by Gasteiger charge is -2.38. The minimum Gasteiger partial charge on any atom is -0.481 e. The minimum atomic E-state index is -1.86. The molecule has 2 aromatic heterocycles. The number of carboxylic acids is 1. The van der Waals surface area contributed by atoms with Crippen molar-refractivity contribution in [2.24, 2.45) is 4.99 Å². The molecular formula is C29H28F3N7O3. The molecule has 0 aliphatic carbocycles. The predicted molar refractivity (Wildman–Crippen MR) is 147 cm³/mol. The number of hydrogen-bond acceptors (Lipinski definition) is 9. The molecule has 0 unspecified atom stereocenters. The second-order valence-electron chi connectivity index (χ2n) is 9.43. The van der Waals surface area contributed by atoms with E-state index in [0.29, 0.717) is 13.1 Å². The zero-order chi connectivity index (χ0) is 30.1. The zero-order valence-electron chi connectivity index (χ0n) is 22.5. The Labute approximate surface area is 239 Å². The molecule has 0 fully saturated rings. The number of benzene rings is 2. The van der Waals surface area contributed by atoms with Crippen molar-refractivity contribution in [2.45, 2.75) is 31.3 Å². The monoisotopic (exact) mass is 579 g/mol. The number of carboxylic acid groups (broad SMARTS) is 1. The van der Waals surface area contributed by atoms with E-state index in [-0.39, 0.29) is 35.5 Å². The largest absolute Gasteiger partial charge is 0.481 e. The van der Waals surface area contributed by atoms with Crippen molar-refractivity contribution >= 4 is 12.3 Å². The Hall–Kier alpha value is -4.75. The average Bonchev–Trinajstić information content (AvgIpc) is 3.50. The molecule has 10 nitrogen and oxygen atoms in total. The lowest BCUT2D eigenvalue weighted by Crippen LogP contribution is -2.47. The van der Waals surface area contributed by atoms with E-state index in [2.05, 4.69) is 30.4 Å². The molecule has 0 spiro atoms. The summed E-state index contributed by atoms with van der Waals surface area (Å²) in [6.07, 6.45) is 6.53. The maximum Gasteiger partial charge on any atom is 0.303 e. The standard InChI is InChI=1S/C20H18F3N7O.C9H10O2/c1-12(18-16(22)5-24-8-27-18)20(31,7-30-11-26-10-29-30)15-3-2-13(21)4-14(15)19-17(23)6-25-9-28-19;10-9(11)7-6-8-4-2-1-3-5-8/h2-6,8-9,11-12,29,31H,7,10H2,1H3;1-5H,6-7H2,(H,10,11)/t12-,20+;/m0./s1. The van der Waals surface area contributed by atoms with E-state index in [4.69, 9.17) is 5.11 Å². The van der Waals surface area contributed by atoms with Crippen LogP contribution in [-0.2, 0) is 16.8 Å². The molecule has 3 heterocycles. The van der Waals surface area contributed by atoms with Crippen LogP contribution in [0.4, 0.5) is 13.2 Å². The summed E-state index contributed by atoms with van der Waals surface area (Å²) in [4.78, 5) is 29.4. The number of rotatable bonds is 9. The van der Waals surface area contributed by atoms with Crippen LogP contribution >= 0.6 is 0 Å². The molecular weight excluding hydrogens is 551 g/mol. The van der Waals surface area contributed by atoms with Crippen LogP contribution < -0.4 is 5.43 Å². The van der Waals surface area contributed by atoms with Gasteiger partial charge in [-0.25, -0.2) is 38.5 Å². The summed E-state index contributed by atoms with van der Waals surface area (Å²) in [5.74, 6) is -3.85. The fraction of sp³-hybridized carbons (Fsp3) is 0.241. The van der Waals surface area contributed by atoms with E-state index in [1.165, 1.54) is 23.7 Å². The van der Waals surface area contributed by atoms with Gasteiger partial charge in [-0.15, -0.1) is 0 Å². The molecule has 0 radical (unpaired) electrons. The van der Waals surface area contributed by atoms with E-state index in [1.807, 2.05) is 30.3 Å². The molecule has 42 heavy (non-hydrogen) atoms. The number of carbonyl (C=O) groups is 1. The Bertz CT molecular complexity index is 1540. The van der Waals surface area contributed by atoms with Gasteiger partial charge in [0.2, 0.25) is 0 Å². The van der Waals surface area contributed by atoms with Gasteiger partial charge in [-0.2, -0.15) is 0 Å². The Balaban J connectivity index is 0.000000310. The number of hydrazine groups is 1. The van der Waals surface area contributed by atoms with Crippen LogP contribution in [0.5, 0.6) is 0 Å². The van der Waals surface area contributed by atoms with Crippen LogP contribution in [0.2, 0.25) is 0 Å². The lowest BCUT2D eigenvalue weighted by molar-refractivity contribution is -0.136. The van der Waals surface area contributed by atoms with Gasteiger partial charge in [-0.05, 0) is 29.7 Å². The summed E-state index contributed by atoms with van der Waals surface area (Å²) in [6.45, 7) is 1.75. The number of aliphatic imine (C=N–C) groups is 1. The van der Waals surface area contributed by atoms with Gasteiger partial charge in [-0.3, -0.25) is 14.8 Å². The third kappa shape index (κ3) is 7.30. The van der Waals surface area contributed by atoms with Gasteiger partial charge in [0, 0.05) is 17.9 Å². The molecule has 13 heteroatoms. The molecule has 0 bridgehead atoms. The molecule has 3 N–H and O–H groups in total. The van der Waals surface area contributed by atoms with E-state index in [9.17, 15) is 23.1 Å². The highest BCUT2D eigenvalue weighted by molar-refractivity contribution is 5.67. The van der Waals surface area contributed by atoms with Crippen LogP contribution in [0.1, 0.15) is 36.1 Å². The molecule has 0 amide bonds. The molecule has 1 aliphatic heterocycles. The number of aromatic nitrogens is 4. The van der Waals surface area contributed by atoms with E-state index < -0.39 is 34.9 Å². The SMILES string of the molecule is C[C@@H](c1ncncc1F)[C@](O)(CN1C=NCN1)c1ccc(F)cc1-c1ncncc1F.O=C(O)CCc1ccccc1. The van der Waals surface area contributed by atoms with Crippen LogP contribution in [0.25, 0.3) is 11.3 Å². The maximum absolute atomic E-state index is 14.5. The fourth-order valence-corrected chi connectivity index (χ4v) is 4.49. The molecule has 1 aliphatic rings. The molecule has 5 rings (SSSR count). The maximum atomic E-state index is 14.5. The highest BCUT2D eigenvalue weighted by atomic mass is 19.1. The number of aryl methyl sites for hydroxylation is 1. The van der Waals surface area contributed by atoms with Crippen LogP contribution in [0.15, 0.2) is 78.6 Å². The second kappa shape index (κ2) is 13.7. The summed E-state index contributed by atoms with van der Waals surface area (Å²) in [7, 11) is 0.